The van der Waals surface area contributed by atoms with E-state index in [1.165, 1.54) is 0 Å². The van der Waals surface area contributed by atoms with E-state index in [1.54, 1.807) is 0 Å². The number of methoxy groups -OCH3 is 1. The van der Waals surface area contributed by atoms with Crippen molar-refractivity contribution < 1.29 is 17.9 Å². The molecule has 15 heavy (non-hydrogen) atoms. The third-order valence-corrected chi connectivity index (χ3v) is 2.46. The third-order valence-electron chi connectivity index (χ3n) is 1.82. The van der Waals surface area contributed by atoms with E-state index < -0.39 is 11.7 Å². The van der Waals surface area contributed by atoms with Gasteiger partial charge in [-0.25, -0.2) is 0 Å². The van der Waals surface area contributed by atoms with Crippen molar-refractivity contribution in [1.82, 2.24) is 0 Å². The molecule has 0 spiro atoms. The average molecular weight is 259 g/mol. The first kappa shape index (κ1) is 12.5. The molecule has 0 radical (unpaired) electrons. The van der Waals surface area contributed by atoms with Crippen LogP contribution in [0, 0.1) is 0 Å². The van der Waals surface area contributed by atoms with Crippen LogP contribution in [0.5, 0.6) is 5.75 Å². The van der Waals surface area contributed by atoms with Crippen molar-refractivity contribution in [1.29, 1.82) is 0 Å². The van der Waals surface area contributed by atoms with Crippen LogP contribution in [0.2, 0.25) is 5.02 Å². The molecule has 0 saturated heterocycles. The Hall–Kier alpha value is -0.610. The minimum atomic E-state index is -4.48. The molecule has 0 bridgehead atoms. The molecular weight excluding hydrogens is 252 g/mol. The van der Waals surface area contributed by atoms with Gasteiger partial charge in [0.2, 0.25) is 0 Å². The highest BCUT2D eigenvalue weighted by Crippen LogP contribution is 2.39. The van der Waals surface area contributed by atoms with Gasteiger partial charge in [0, 0.05) is 10.9 Å². The van der Waals surface area contributed by atoms with Crippen LogP contribution in [0.25, 0.3) is 0 Å². The van der Waals surface area contributed by atoms with Gasteiger partial charge in [-0.3, -0.25) is 0 Å². The van der Waals surface area contributed by atoms with E-state index in [9.17, 15) is 13.2 Å². The molecular formula is C9H7Cl2F3O. The average Bonchev–Trinajstić information content (AvgIpc) is 2.15. The molecule has 0 unspecified atom stereocenters. The Morgan fingerprint density at radius 1 is 1.33 bits per heavy atom. The molecule has 0 atom stereocenters. The summed E-state index contributed by atoms with van der Waals surface area (Å²) in [7, 11) is 1.15. The largest absolute Gasteiger partial charge is 0.496 e. The Labute approximate surface area is 94.7 Å². The molecule has 6 heteroatoms. The lowest BCUT2D eigenvalue weighted by Crippen LogP contribution is -2.08. The summed E-state index contributed by atoms with van der Waals surface area (Å²) in [4.78, 5) is 0. The molecule has 0 saturated carbocycles. The highest BCUT2D eigenvalue weighted by Gasteiger charge is 2.35. The van der Waals surface area contributed by atoms with Gasteiger partial charge < -0.3 is 4.74 Å². The summed E-state index contributed by atoms with van der Waals surface area (Å²) in [6, 6.07) is 2.01. The lowest BCUT2D eigenvalue weighted by molar-refractivity contribution is -0.138. The van der Waals surface area contributed by atoms with Gasteiger partial charge >= 0.3 is 6.18 Å². The standard InChI is InChI=1S/C9H7Cl2F3O/c1-15-8-3-7(11)5(4-10)2-6(8)9(12,13)14/h2-3H,4H2,1H3. The van der Waals surface area contributed by atoms with Gasteiger partial charge in [-0.1, -0.05) is 11.6 Å². The van der Waals surface area contributed by atoms with Crippen molar-refractivity contribution >= 4 is 23.2 Å². The molecule has 0 aliphatic rings. The maximum Gasteiger partial charge on any atom is 0.419 e. The molecule has 0 heterocycles. The summed E-state index contributed by atoms with van der Waals surface area (Å²) in [5, 5.41) is 0.162. The van der Waals surface area contributed by atoms with Crippen molar-refractivity contribution in [3.63, 3.8) is 0 Å². The number of hydrogen-bond donors (Lipinski definition) is 0. The van der Waals surface area contributed by atoms with E-state index in [1.807, 2.05) is 0 Å². The third kappa shape index (κ3) is 2.69. The monoisotopic (exact) mass is 258 g/mol. The fraction of sp³-hybridized carbons (Fsp3) is 0.333. The number of ether oxygens (including phenoxy) is 1. The predicted molar refractivity (Wildman–Crippen MR) is 52.6 cm³/mol. The van der Waals surface area contributed by atoms with Gasteiger partial charge in [-0.15, -0.1) is 11.6 Å². The maximum atomic E-state index is 12.5. The Bertz CT molecular complexity index is 363. The van der Waals surface area contributed by atoms with E-state index in [0.717, 1.165) is 19.2 Å². The van der Waals surface area contributed by atoms with Crippen LogP contribution < -0.4 is 4.74 Å². The molecule has 0 N–H and O–H groups in total. The first-order valence-electron chi connectivity index (χ1n) is 3.89. The highest BCUT2D eigenvalue weighted by molar-refractivity contribution is 6.32. The first-order valence-corrected chi connectivity index (χ1v) is 4.81. The summed E-state index contributed by atoms with van der Waals surface area (Å²) >= 11 is 11.2. The molecule has 1 rings (SSSR count). The second-order valence-electron chi connectivity index (χ2n) is 2.78. The van der Waals surface area contributed by atoms with Crippen LogP contribution in [0.1, 0.15) is 11.1 Å². The van der Waals surface area contributed by atoms with Gasteiger partial charge in [-0.2, -0.15) is 13.2 Å². The Morgan fingerprint density at radius 3 is 2.33 bits per heavy atom. The highest BCUT2D eigenvalue weighted by atomic mass is 35.5. The molecule has 0 aromatic heterocycles. The van der Waals surface area contributed by atoms with Crippen molar-refractivity contribution in [2.24, 2.45) is 0 Å². The number of rotatable bonds is 2. The Morgan fingerprint density at radius 2 is 1.93 bits per heavy atom. The van der Waals surface area contributed by atoms with Crippen LogP contribution in [-0.4, -0.2) is 7.11 Å². The van der Waals surface area contributed by atoms with E-state index in [0.29, 0.717) is 0 Å². The summed E-state index contributed by atoms with van der Waals surface area (Å²) < 4.78 is 42.2. The second-order valence-corrected chi connectivity index (χ2v) is 3.45. The molecule has 0 aliphatic carbocycles. The number of hydrogen-bond acceptors (Lipinski definition) is 1. The summed E-state index contributed by atoms with van der Waals surface area (Å²) in [5.41, 5.74) is -0.642. The van der Waals surface area contributed by atoms with Crippen molar-refractivity contribution in [3.8, 4) is 5.75 Å². The molecule has 0 aliphatic heterocycles. The van der Waals surface area contributed by atoms with Gasteiger partial charge in [0.05, 0.1) is 12.7 Å². The normalized spacial score (nSPS) is 11.6. The van der Waals surface area contributed by atoms with E-state index >= 15 is 0 Å². The SMILES string of the molecule is COc1cc(Cl)c(CCl)cc1C(F)(F)F. The van der Waals surface area contributed by atoms with E-state index in [2.05, 4.69) is 4.74 Å². The second kappa shape index (κ2) is 4.49. The zero-order valence-electron chi connectivity index (χ0n) is 7.66. The molecule has 1 nitrogen and oxygen atoms in total. The zero-order valence-corrected chi connectivity index (χ0v) is 9.17. The quantitative estimate of drug-likeness (QED) is 0.726. The molecule has 1 aromatic carbocycles. The molecule has 0 amide bonds. The molecule has 84 valence electrons. The van der Waals surface area contributed by atoms with Gasteiger partial charge in [0.15, 0.2) is 0 Å². The lowest BCUT2D eigenvalue weighted by Gasteiger charge is -2.13. The maximum absolute atomic E-state index is 12.5. The number of halogens is 5. The van der Waals surface area contributed by atoms with Crippen LogP contribution in [0.15, 0.2) is 12.1 Å². The van der Waals surface area contributed by atoms with Crippen LogP contribution in [0.3, 0.4) is 0 Å². The van der Waals surface area contributed by atoms with Gasteiger partial charge in [-0.05, 0) is 17.7 Å². The number of alkyl halides is 4. The Balaban J connectivity index is 3.36. The first-order chi connectivity index (χ1) is 6.90. The summed E-state index contributed by atoms with van der Waals surface area (Å²) in [6.07, 6.45) is -4.48. The van der Waals surface area contributed by atoms with Crippen molar-refractivity contribution in [2.75, 3.05) is 7.11 Å². The predicted octanol–water partition coefficient (Wildman–Crippen LogP) is 4.11. The van der Waals surface area contributed by atoms with E-state index in [4.69, 9.17) is 23.2 Å². The van der Waals surface area contributed by atoms with Crippen LogP contribution in [-0.2, 0) is 12.1 Å². The fourth-order valence-electron chi connectivity index (χ4n) is 1.09. The smallest absolute Gasteiger partial charge is 0.419 e. The van der Waals surface area contributed by atoms with E-state index in [-0.39, 0.29) is 22.2 Å². The van der Waals surface area contributed by atoms with Crippen LogP contribution in [0.4, 0.5) is 13.2 Å². The number of benzene rings is 1. The lowest BCUT2D eigenvalue weighted by atomic mass is 10.1. The van der Waals surface area contributed by atoms with Gasteiger partial charge in [0.25, 0.3) is 0 Å². The molecule has 0 fully saturated rings. The zero-order chi connectivity index (χ0) is 11.6. The molecule has 1 aromatic rings. The topological polar surface area (TPSA) is 9.23 Å². The minimum Gasteiger partial charge on any atom is -0.496 e. The minimum absolute atomic E-state index is 0.0775. The summed E-state index contributed by atoms with van der Waals surface area (Å²) in [6.45, 7) is 0. The fourth-order valence-corrected chi connectivity index (χ4v) is 1.60. The van der Waals surface area contributed by atoms with Gasteiger partial charge in [0.1, 0.15) is 5.75 Å². The Kier molecular flexibility index (Phi) is 3.73. The summed E-state index contributed by atoms with van der Waals surface area (Å²) in [5.74, 6) is -0.382. The van der Waals surface area contributed by atoms with Crippen molar-refractivity contribution in [2.45, 2.75) is 12.1 Å². The van der Waals surface area contributed by atoms with Crippen molar-refractivity contribution in [3.05, 3.63) is 28.3 Å². The van der Waals surface area contributed by atoms with Crippen LogP contribution >= 0.6 is 23.2 Å².